The second kappa shape index (κ2) is 8.85. The zero-order chi connectivity index (χ0) is 23.8. The Morgan fingerprint density at radius 3 is 2.56 bits per heavy atom. The Kier molecular flexibility index (Phi) is 5.72. The van der Waals surface area contributed by atoms with Gasteiger partial charge in [-0.25, -0.2) is 19.5 Å². The fourth-order valence-electron chi connectivity index (χ4n) is 3.61. The van der Waals surface area contributed by atoms with Gasteiger partial charge >= 0.3 is 5.97 Å². The molecule has 4 aromatic rings. The molecule has 3 heterocycles. The Balaban J connectivity index is 1.73. The number of aliphatic imine (C=N–C) groups is 1. The highest BCUT2D eigenvalue weighted by atomic mass is 35.5. The highest BCUT2D eigenvalue weighted by Gasteiger charge is 2.33. The number of amides is 1. The molecule has 1 atom stereocenters. The van der Waals surface area contributed by atoms with Crippen molar-refractivity contribution in [1.29, 1.82) is 0 Å². The minimum absolute atomic E-state index is 0.172. The van der Waals surface area contributed by atoms with Crippen LogP contribution in [0.2, 0.25) is 5.02 Å². The van der Waals surface area contributed by atoms with Gasteiger partial charge in [-0.15, -0.1) is 16.4 Å². The summed E-state index contributed by atoms with van der Waals surface area (Å²) >= 11 is 8.02. The lowest BCUT2D eigenvalue weighted by molar-refractivity contribution is 0.0295. The Bertz CT molecular complexity index is 1440. The molecule has 0 bridgehead atoms. The topological polar surface area (TPSA) is 112 Å². The molecule has 170 valence electrons. The number of rotatable bonds is 5. The van der Waals surface area contributed by atoms with Crippen LogP contribution in [0.5, 0.6) is 0 Å². The maximum Gasteiger partial charge on any atom is 0.340 e. The van der Waals surface area contributed by atoms with E-state index < -0.39 is 18.1 Å². The number of fused-ring (bicyclic) bond motifs is 3. The van der Waals surface area contributed by atoms with E-state index in [9.17, 15) is 9.59 Å². The zero-order valence-corrected chi connectivity index (χ0v) is 19.5. The SMILES string of the molecule is CCc1cc2c(s1)-n1nc(C(N)=O)nc1C(OC(=O)c1ccccc1)N=C2c1ccccc1Cl. The number of thiophene rings is 1. The molecule has 8 nitrogen and oxygen atoms in total. The van der Waals surface area contributed by atoms with Crippen molar-refractivity contribution >= 4 is 40.5 Å². The highest BCUT2D eigenvalue weighted by Crippen LogP contribution is 2.37. The highest BCUT2D eigenvalue weighted by molar-refractivity contribution is 7.15. The Morgan fingerprint density at radius 2 is 1.85 bits per heavy atom. The Labute approximate surface area is 203 Å². The first-order valence-electron chi connectivity index (χ1n) is 10.4. The molecule has 5 rings (SSSR count). The number of ether oxygens (including phenoxy) is 1. The Hall–Kier alpha value is -3.82. The number of nitrogens with zero attached hydrogens (tertiary/aromatic N) is 4. The van der Waals surface area contributed by atoms with Crippen LogP contribution in [0.15, 0.2) is 65.7 Å². The van der Waals surface area contributed by atoms with Crippen LogP contribution < -0.4 is 5.73 Å². The summed E-state index contributed by atoms with van der Waals surface area (Å²) in [6.07, 6.45) is -0.406. The molecule has 2 aromatic carbocycles. The summed E-state index contributed by atoms with van der Waals surface area (Å²) in [5, 5.41) is 5.50. The van der Waals surface area contributed by atoms with Gasteiger partial charge in [0.2, 0.25) is 5.82 Å². The lowest BCUT2D eigenvalue weighted by Gasteiger charge is -2.14. The van der Waals surface area contributed by atoms with Gasteiger partial charge in [0.15, 0.2) is 5.82 Å². The van der Waals surface area contributed by atoms with E-state index in [2.05, 4.69) is 10.1 Å². The van der Waals surface area contributed by atoms with E-state index in [1.165, 1.54) is 16.0 Å². The normalized spacial score (nSPS) is 14.5. The van der Waals surface area contributed by atoms with Crippen molar-refractivity contribution in [2.45, 2.75) is 19.6 Å². The molecule has 0 spiro atoms. The summed E-state index contributed by atoms with van der Waals surface area (Å²) < 4.78 is 7.27. The van der Waals surface area contributed by atoms with E-state index in [0.717, 1.165) is 16.9 Å². The van der Waals surface area contributed by atoms with Crippen molar-refractivity contribution in [3.8, 4) is 5.00 Å². The number of carbonyl (C=O) groups is 2. The molecule has 0 saturated heterocycles. The number of carbonyl (C=O) groups excluding carboxylic acids is 2. The van der Waals surface area contributed by atoms with Crippen molar-refractivity contribution < 1.29 is 14.3 Å². The molecular weight excluding hydrogens is 474 g/mol. The zero-order valence-electron chi connectivity index (χ0n) is 17.9. The predicted octanol–water partition coefficient (Wildman–Crippen LogP) is 4.35. The molecular formula is C24H18ClN5O3S. The van der Waals surface area contributed by atoms with E-state index in [1.54, 1.807) is 36.4 Å². The number of aryl methyl sites for hydroxylation is 1. The third-order valence-electron chi connectivity index (χ3n) is 5.24. The van der Waals surface area contributed by atoms with Crippen molar-refractivity contribution in [2.24, 2.45) is 10.7 Å². The molecule has 10 heteroatoms. The number of nitrogens with two attached hydrogens (primary N) is 1. The van der Waals surface area contributed by atoms with E-state index in [0.29, 0.717) is 26.9 Å². The molecule has 1 aliphatic rings. The summed E-state index contributed by atoms with van der Waals surface area (Å²) in [7, 11) is 0. The maximum atomic E-state index is 12.9. The van der Waals surface area contributed by atoms with Crippen LogP contribution in [0, 0.1) is 0 Å². The van der Waals surface area contributed by atoms with E-state index in [4.69, 9.17) is 27.1 Å². The van der Waals surface area contributed by atoms with Crippen molar-refractivity contribution in [2.75, 3.05) is 0 Å². The summed E-state index contributed by atoms with van der Waals surface area (Å²) in [6, 6.07) is 17.9. The summed E-state index contributed by atoms with van der Waals surface area (Å²) in [5.74, 6) is -1.41. The van der Waals surface area contributed by atoms with Gasteiger partial charge in [-0.2, -0.15) is 0 Å². The summed E-state index contributed by atoms with van der Waals surface area (Å²) in [5.41, 5.74) is 7.77. The quantitative estimate of drug-likeness (QED) is 0.417. The van der Waals surface area contributed by atoms with Crippen LogP contribution in [0.25, 0.3) is 5.00 Å². The van der Waals surface area contributed by atoms with Crippen LogP contribution in [0.3, 0.4) is 0 Å². The third-order valence-corrected chi connectivity index (χ3v) is 6.82. The van der Waals surface area contributed by atoms with Gasteiger partial charge in [-0.1, -0.05) is 54.9 Å². The first kappa shape index (κ1) is 22.0. The minimum atomic E-state index is -1.19. The van der Waals surface area contributed by atoms with Crippen LogP contribution in [-0.2, 0) is 11.2 Å². The average molecular weight is 492 g/mol. The lowest BCUT2D eigenvalue weighted by atomic mass is 10.0. The third kappa shape index (κ3) is 3.89. The van der Waals surface area contributed by atoms with Gasteiger partial charge in [0, 0.05) is 21.0 Å². The maximum absolute atomic E-state index is 12.9. The second-order valence-corrected chi connectivity index (χ2v) is 8.96. The van der Waals surface area contributed by atoms with Gasteiger partial charge in [0.25, 0.3) is 12.1 Å². The predicted molar refractivity (Wildman–Crippen MR) is 129 cm³/mol. The number of aromatic nitrogens is 3. The number of hydrogen-bond acceptors (Lipinski definition) is 7. The van der Waals surface area contributed by atoms with Gasteiger partial charge in [0.05, 0.1) is 11.3 Å². The lowest BCUT2D eigenvalue weighted by Crippen LogP contribution is -2.15. The number of benzene rings is 2. The largest absolute Gasteiger partial charge is 0.428 e. The second-order valence-electron chi connectivity index (χ2n) is 7.44. The van der Waals surface area contributed by atoms with Crippen LogP contribution in [-0.4, -0.2) is 32.4 Å². The fourth-order valence-corrected chi connectivity index (χ4v) is 4.89. The summed E-state index contributed by atoms with van der Waals surface area (Å²) in [6.45, 7) is 2.04. The number of esters is 1. The molecule has 1 aliphatic heterocycles. The van der Waals surface area contributed by atoms with Crippen molar-refractivity contribution in [3.63, 3.8) is 0 Å². The molecule has 2 N–H and O–H groups in total. The van der Waals surface area contributed by atoms with Crippen LogP contribution in [0.1, 0.15) is 56.0 Å². The molecule has 2 aromatic heterocycles. The van der Waals surface area contributed by atoms with E-state index in [-0.39, 0.29) is 11.6 Å². The van der Waals surface area contributed by atoms with Gasteiger partial charge in [0.1, 0.15) is 5.00 Å². The first-order valence-corrected chi connectivity index (χ1v) is 11.6. The number of hydrogen-bond donors (Lipinski definition) is 1. The van der Waals surface area contributed by atoms with Crippen molar-refractivity contribution in [3.05, 3.63) is 98.9 Å². The molecule has 1 unspecified atom stereocenters. The van der Waals surface area contributed by atoms with Crippen LogP contribution in [0.4, 0.5) is 0 Å². The Morgan fingerprint density at radius 1 is 1.12 bits per heavy atom. The summed E-state index contributed by atoms with van der Waals surface area (Å²) in [4.78, 5) is 35.0. The fraction of sp³-hybridized carbons (Fsp3) is 0.125. The van der Waals surface area contributed by atoms with Crippen LogP contribution >= 0.6 is 22.9 Å². The molecule has 34 heavy (non-hydrogen) atoms. The van der Waals surface area contributed by atoms with E-state index in [1.807, 2.05) is 31.2 Å². The molecule has 0 saturated carbocycles. The molecule has 1 amide bonds. The molecule has 0 radical (unpaired) electrons. The number of halogens is 1. The van der Waals surface area contributed by atoms with Gasteiger partial charge in [-0.05, 0) is 30.7 Å². The van der Waals surface area contributed by atoms with Crippen molar-refractivity contribution in [1.82, 2.24) is 14.8 Å². The standard InChI is InChI=1S/C24H18ClN5O3S/c1-2-14-12-16-18(15-10-6-7-11-17(15)25)27-22(33-24(32)13-8-4-3-5-9-13)21-28-20(19(26)31)29-30(21)23(16)34-14/h3-12,22H,2H2,1H3,(H2,26,31). The first-order chi connectivity index (χ1) is 16.5. The minimum Gasteiger partial charge on any atom is -0.428 e. The monoisotopic (exact) mass is 491 g/mol. The van der Waals surface area contributed by atoms with Gasteiger partial charge < -0.3 is 10.5 Å². The average Bonchev–Trinajstić information content (AvgIpc) is 3.45. The number of primary amides is 1. The smallest absolute Gasteiger partial charge is 0.340 e. The van der Waals surface area contributed by atoms with Gasteiger partial charge in [-0.3, -0.25) is 4.79 Å². The van der Waals surface area contributed by atoms with E-state index >= 15 is 0 Å². The molecule has 0 fully saturated rings. The molecule has 0 aliphatic carbocycles.